The standard InChI is InChI=1S/C37H50ClN3O5S/c1-25-8-6-17-37(45-5,18-19-40(3)4)32-13-10-29(32)22-41-23-36(16-7-9-27-20-30(38)12-14-31(27)36)24-46-34-15-11-28(21-33(34)41)35(42)39-47(43,44)26(25)2/h6,11-12,14-15,17,20-21,25-26,29,32H,7-10,13,16,18-19,22-24H2,1-5H3,(H,39,42)/b17-6-/t25-,26+,29-,32+,36-,37-/m0/s1. The van der Waals surface area contributed by atoms with Gasteiger partial charge in [-0.05, 0) is 125 Å². The third kappa shape index (κ3) is 6.70. The molecule has 2 heterocycles. The van der Waals surface area contributed by atoms with Gasteiger partial charge in [-0.3, -0.25) is 4.79 Å². The number of nitrogens with zero attached hydrogens (tertiary/aromatic N) is 2. The van der Waals surface area contributed by atoms with Gasteiger partial charge in [-0.1, -0.05) is 36.7 Å². The van der Waals surface area contributed by atoms with Crippen molar-refractivity contribution < 1.29 is 22.7 Å². The van der Waals surface area contributed by atoms with Crippen molar-refractivity contribution in [3.63, 3.8) is 0 Å². The van der Waals surface area contributed by atoms with E-state index in [-0.39, 0.29) is 11.3 Å². The lowest BCUT2D eigenvalue weighted by atomic mass is 9.63. The van der Waals surface area contributed by atoms with Crippen molar-refractivity contribution in [2.45, 2.75) is 75.1 Å². The highest BCUT2D eigenvalue weighted by atomic mass is 35.5. The monoisotopic (exact) mass is 683 g/mol. The molecule has 10 heteroatoms. The van der Waals surface area contributed by atoms with Crippen LogP contribution in [0, 0.1) is 17.8 Å². The number of halogens is 1. The third-order valence-corrected chi connectivity index (χ3v) is 13.7. The number of carbonyl (C=O) groups excluding carboxylic acids is 1. The number of carbonyl (C=O) groups is 1. The number of methoxy groups -OCH3 is 1. The number of amides is 1. The van der Waals surface area contributed by atoms with Gasteiger partial charge in [-0.15, -0.1) is 0 Å². The SMILES string of the molecule is CO[C@]1(CCN(C)C)/C=C\C[C@H](C)[C@@H](C)S(=O)(=O)NC(=O)c2ccc3c(c2)N(C[C@@H]2CC[C@H]21)C[C@@]1(CCCc2cc(Cl)ccc21)CO3. The second kappa shape index (κ2) is 13.4. The van der Waals surface area contributed by atoms with Gasteiger partial charge in [0.25, 0.3) is 5.91 Å². The fourth-order valence-electron chi connectivity index (χ4n) is 8.34. The molecule has 2 aliphatic heterocycles. The van der Waals surface area contributed by atoms with Crippen LogP contribution in [-0.4, -0.2) is 77.5 Å². The minimum atomic E-state index is -3.93. The first kappa shape index (κ1) is 34.3. The molecule has 1 amide bonds. The van der Waals surface area contributed by atoms with Crippen LogP contribution in [0.3, 0.4) is 0 Å². The molecule has 8 nitrogen and oxygen atoms in total. The molecule has 0 aromatic heterocycles. The van der Waals surface area contributed by atoms with E-state index in [2.05, 4.69) is 52.9 Å². The van der Waals surface area contributed by atoms with Gasteiger partial charge in [0.15, 0.2) is 0 Å². The van der Waals surface area contributed by atoms with E-state index in [1.54, 1.807) is 13.0 Å². The third-order valence-electron chi connectivity index (χ3n) is 11.6. The predicted molar refractivity (Wildman–Crippen MR) is 188 cm³/mol. The average molecular weight is 684 g/mol. The zero-order valence-electron chi connectivity index (χ0n) is 28.4. The van der Waals surface area contributed by atoms with E-state index >= 15 is 0 Å². The normalized spacial score (nSPS) is 32.7. The van der Waals surface area contributed by atoms with Gasteiger partial charge in [-0.25, -0.2) is 13.1 Å². The van der Waals surface area contributed by atoms with Crippen LogP contribution in [-0.2, 0) is 26.6 Å². The summed E-state index contributed by atoms with van der Waals surface area (Å²) in [5.41, 5.74) is 2.97. The molecule has 0 radical (unpaired) electrons. The number of aryl methyl sites for hydroxylation is 1. The summed E-state index contributed by atoms with van der Waals surface area (Å²) < 4.78 is 42.4. The van der Waals surface area contributed by atoms with Crippen LogP contribution in [0.4, 0.5) is 5.69 Å². The fraction of sp³-hybridized carbons (Fsp3) is 0.595. The molecule has 1 saturated carbocycles. The van der Waals surface area contributed by atoms with Crippen molar-refractivity contribution in [2.24, 2.45) is 17.8 Å². The van der Waals surface area contributed by atoms with Gasteiger partial charge in [0.1, 0.15) is 5.75 Å². The zero-order chi connectivity index (χ0) is 33.6. The van der Waals surface area contributed by atoms with Gasteiger partial charge in [0.05, 0.1) is 23.1 Å². The van der Waals surface area contributed by atoms with Crippen molar-refractivity contribution in [3.8, 4) is 5.75 Å². The minimum absolute atomic E-state index is 0.203. The molecule has 4 aliphatic rings. The molecule has 1 N–H and O–H groups in total. The largest absolute Gasteiger partial charge is 0.490 e. The van der Waals surface area contributed by atoms with E-state index in [0.29, 0.717) is 36.2 Å². The number of hydrogen-bond donors (Lipinski definition) is 1. The molecule has 2 bridgehead atoms. The van der Waals surface area contributed by atoms with Gasteiger partial charge in [-0.2, -0.15) is 0 Å². The number of anilines is 1. The summed E-state index contributed by atoms with van der Waals surface area (Å²) >= 11 is 6.46. The first-order valence-electron chi connectivity index (χ1n) is 17.1. The van der Waals surface area contributed by atoms with E-state index < -0.39 is 26.8 Å². The molecule has 1 fully saturated rings. The number of hydrogen-bond acceptors (Lipinski definition) is 7. The highest BCUT2D eigenvalue weighted by Gasteiger charge is 2.49. The van der Waals surface area contributed by atoms with Crippen molar-refractivity contribution in [3.05, 3.63) is 70.3 Å². The summed E-state index contributed by atoms with van der Waals surface area (Å²) in [6.45, 7) is 6.50. The number of ether oxygens (including phenoxy) is 2. The van der Waals surface area contributed by atoms with Crippen LogP contribution in [0.1, 0.15) is 73.9 Å². The lowest BCUT2D eigenvalue weighted by Crippen LogP contribution is -2.53. The Morgan fingerprint density at radius 2 is 1.96 bits per heavy atom. The molecule has 6 rings (SSSR count). The van der Waals surface area contributed by atoms with E-state index in [0.717, 1.165) is 68.9 Å². The quantitative estimate of drug-likeness (QED) is 0.383. The molecule has 2 aromatic rings. The highest BCUT2D eigenvalue weighted by Crippen LogP contribution is 2.50. The maximum Gasteiger partial charge on any atom is 0.264 e. The topological polar surface area (TPSA) is 88.2 Å². The Morgan fingerprint density at radius 1 is 1.15 bits per heavy atom. The molecule has 1 spiro atoms. The first-order valence-corrected chi connectivity index (χ1v) is 19.0. The molecule has 6 atom stereocenters. The summed E-state index contributed by atoms with van der Waals surface area (Å²) in [4.78, 5) is 18.1. The van der Waals surface area contributed by atoms with E-state index in [9.17, 15) is 13.2 Å². The maximum atomic E-state index is 13.5. The van der Waals surface area contributed by atoms with Gasteiger partial charge in [0.2, 0.25) is 10.0 Å². The lowest BCUT2D eigenvalue weighted by Gasteiger charge is -2.51. The molecule has 2 aliphatic carbocycles. The number of benzene rings is 2. The van der Waals surface area contributed by atoms with Crippen LogP contribution in [0.25, 0.3) is 0 Å². The summed E-state index contributed by atoms with van der Waals surface area (Å²) in [6.07, 6.45) is 10.9. The smallest absolute Gasteiger partial charge is 0.264 e. The fourth-order valence-corrected chi connectivity index (χ4v) is 9.82. The van der Waals surface area contributed by atoms with Crippen LogP contribution < -0.4 is 14.4 Å². The van der Waals surface area contributed by atoms with Crippen LogP contribution in [0.2, 0.25) is 5.02 Å². The minimum Gasteiger partial charge on any atom is -0.490 e. The van der Waals surface area contributed by atoms with Gasteiger partial charge in [0, 0.05) is 42.7 Å². The van der Waals surface area contributed by atoms with Gasteiger partial charge >= 0.3 is 0 Å². The number of rotatable bonds is 4. The predicted octanol–water partition coefficient (Wildman–Crippen LogP) is 6.22. The summed E-state index contributed by atoms with van der Waals surface area (Å²) in [5, 5.41) is -0.0171. The molecule has 2 aromatic carbocycles. The van der Waals surface area contributed by atoms with Gasteiger partial charge < -0.3 is 19.3 Å². The maximum absolute atomic E-state index is 13.5. The Balaban J connectivity index is 1.46. The molecular weight excluding hydrogens is 634 g/mol. The average Bonchev–Trinajstić information content (AvgIpc) is 3.17. The molecule has 47 heavy (non-hydrogen) atoms. The molecular formula is C37H50ClN3O5S. The van der Waals surface area contributed by atoms with Crippen molar-refractivity contribution >= 4 is 33.2 Å². The second-order valence-electron chi connectivity index (χ2n) is 14.7. The highest BCUT2D eigenvalue weighted by molar-refractivity contribution is 7.90. The number of fused-ring (bicyclic) bond motifs is 4. The van der Waals surface area contributed by atoms with Crippen LogP contribution >= 0.6 is 11.6 Å². The van der Waals surface area contributed by atoms with E-state index in [1.807, 2.05) is 32.2 Å². The second-order valence-corrected chi connectivity index (χ2v) is 17.2. The molecule has 0 unspecified atom stereocenters. The van der Waals surface area contributed by atoms with Crippen molar-refractivity contribution in [1.82, 2.24) is 9.62 Å². The Kier molecular flexibility index (Phi) is 9.75. The number of nitrogens with one attached hydrogen (secondary N) is 1. The molecule has 0 saturated heterocycles. The number of sulfonamides is 1. The Hall–Kier alpha value is -2.59. The summed E-state index contributed by atoms with van der Waals surface area (Å²) in [7, 11) is 2.07. The lowest BCUT2D eigenvalue weighted by molar-refractivity contribution is -0.0823. The summed E-state index contributed by atoms with van der Waals surface area (Å²) in [6, 6.07) is 11.6. The van der Waals surface area contributed by atoms with Crippen molar-refractivity contribution in [1.29, 1.82) is 0 Å². The van der Waals surface area contributed by atoms with Crippen LogP contribution in [0.15, 0.2) is 48.6 Å². The molecule has 256 valence electrons. The van der Waals surface area contributed by atoms with E-state index in [1.165, 1.54) is 11.1 Å². The van der Waals surface area contributed by atoms with E-state index in [4.69, 9.17) is 21.1 Å². The Labute approximate surface area is 285 Å². The Bertz CT molecular complexity index is 1630. The summed E-state index contributed by atoms with van der Waals surface area (Å²) in [5.74, 6) is 0.549. The first-order chi connectivity index (χ1) is 22.4. The zero-order valence-corrected chi connectivity index (χ0v) is 30.0. The Morgan fingerprint density at radius 3 is 2.68 bits per heavy atom. The van der Waals surface area contributed by atoms with Crippen molar-refractivity contribution in [2.75, 3.05) is 52.3 Å². The van der Waals surface area contributed by atoms with Crippen LogP contribution in [0.5, 0.6) is 5.75 Å². The number of allylic oxidation sites excluding steroid dienone is 1.